The second-order valence-electron chi connectivity index (χ2n) is 3.24. The smallest absolute Gasteiger partial charge is 0.0447 e. The molecule has 0 spiro atoms. The van der Waals surface area contributed by atoms with Gasteiger partial charge in [0.2, 0.25) is 0 Å². The molecule has 2 unspecified atom stereocenters. The molecular formula is C8H16INOS. The second-order valence-corrected chi connectivity index (χ2v) is 6.29. The minimum atomic E-state index is -0.555. The predicted molar refractivity (Wildman–Crippen MR) is 62.4 cm³/mol. The van der Waals surface area contributed by atoms with Crippen LogP contribution in [-0.2, 0) is 10.8 Å². The van der Waals surface area contributed by atoms with Gasteiger partial charge in [-0.05, 0) is 19.9 Å². The minimum absolute atomic E-state index is 0.382. The Morgan fingerprint density at radius 1 is 1.67 bits per heavy atom. The van der Waals surface area contributed by atoms with E-state index in [4.69, 9.17) is 0 Å². The van der Waals surface area contributed by atoms with Crippen LogP contribution in [-0.4, -0.2) is 44.2 Å². The van der Waals surface area contributed by atoms with E-state index < -0.39 is 10.8 Å². The van der Waals surface area contributed by atoms with E-state index in [2.05, 4.69) is 34.4 Å². The molecule has 0 amide bonds. The van der Waals surface area contributed by atoms with Gasteiger partial charge in [-0.2, -0.15) is 0 Å². The van der Waals surface area contributed by atoms with Crippen LogP contribution in [0.4, 0.5) is 0 Å². The molecule has 0 aliphatic carbocycles. The maximum absolute atomic E-state index is 11.3. The first kappa shape index (κ1) is 10.9. The summed E-state index contributed by atoms with van der Waals surface area (Å²) in [5.41, 5.74) is 0. The highest BCUT2D eigenvalue weighted by atomic mass is 127. The fourth-order valence-corrected chi connectivity index (χ4v) is 3.00. The van der Waals surface area contributed by atoms with Crippen molar-refractivity contribution in [3.63, 3.8) is 0 Å². The van der Waals surface area contributed by atoms with Gasteiger partial charge in [-0.3, -0.25) is 4.21 Å². The molecule has 12 heavy (non-hydrogen) atoms. The zero-order chi connectivity index (χ0) is 8.97. The number of rotatable bonds is 3. The molecular weight excluding hydrogens is 285 g/mol. The Kier molecular flexibility index (Phi) is 5.04. The first-order valence-corrected chi connectivity index (χ1v) is 7.30. The minimum Gasteiger partial charge on any atom is -0.301 e. The summed E-state index contributed by atoms with van der Waals surface area (Å²) >= 11 is 2.41. The molecule has 0 N–H and O–H groups in total. The van der Waals surface area contributed by atoms with Crippen LogP contribution >= 0.6 is 22.6 Å². The summed E-state index contributed by atoms with van der Waals surface area (Å²) in [6.45, 7) is 5.34. The van der Waals surface area contributed by atoms with Gasteiger partial charge in [0, 0.05) is 39.3 Å². The normalized spacial score (nSPS) is 32.2. The van der Waals surface area contributed by atoms with Gasteiger partial charge in [-0.25, -0.2) is 0 Å². The van der Waals surface area contributed by atoms with Crippen molar-refractivity contribution in [2.24, 2.45) is 0 Å². The summed E-state index contributed by atoms with van der Waals surface area (Å²) in [7, 11) is -0.555. The number of hydrogen-bond acceptors (Lipinski definition) is 2. The average Bonchev–Trinajstić information content (AvgIpc) is 2.07. The average molecular weight is 301 g/mol. The molecule has 1 rings (SSSR count). The van der Waals surface area contributed by atoms with E-state index in [0.717, 1.165) is 18.8 Å². The summed E-state index contributed by atoms with van der Waals surface area (Å²) in [5, 5.41) is 0.382. The van der Waals surface area contributed by atoms with Gasteiger partial charge < -0.3 is 4.90 Å². The van der Waals surface area contributed by atoms with E-state index in [1.165, 1.54) is 17.4 Å². The molecule has 0 saturated carbocycles. The van der Waals surface area contributed by atoms with Gasteiger partial charge in [0.15, 0.2) is 0 Å². The van der Waals surface area contributed by atoms with Crippen molar-refractivity contribution in [3.05, 3.63) is 0 Å². The largest absolute Gasteiger partial charge is 0.301 e. The maximum atomic E-state index is 11.3. The van der Waals surface area contributed by atoms with E-state index in [1.54, 1.807) is 0 Å². The fraction of sp³-hybridized carbons (Fsp3) is 1.00. The summed E-state index contributed by atoms with van der Waals surface area (Å²) in [5.74, 6) is 0.877. The third-order valence-corrected chi connectivity index (χ3v) is 4.58. The van der Waals surface area contributed by atoms with Crippen LogP contribution in [0.25, 0.3) is 0 Å². The first-order valence-electron chi connectivity index (χ1n) is 4.39. The molecule has 1 heterocycles. The number of halogens is 1. The SMILES string of the molecule is CC1CN(CCCI)CCS1=O. The standard InChI is InChI=1S/C8H16INOS/c1-8-7-10(4-2-3-9)5-6-12(8)11/h8H,2-7H2,1H3. The molecule has 72 valence electrons. The van der Waals surface area contributed by atoms with E-state index in [9.17, 15) is 4.21 Å². The van der Waals surface area contributed by atoms with Crippen LogP contribution in [0.3, 0.4) is 0 Å². The molecule has 0 bridgehead atoms. The summed E-state index contributed by atoms with van der Waals surface area (Å²) in [6.07, 6.45) is 1.26. The Balaban J connectivity index is 2.25. The number of nitrogens with zero attached hydrogens (tertiary/aromatic N) is 1. The maximum Gasteiger partial charge on any atom is 0.0447 e. The summed E-state index contributed by atoms with van der Waals surface area (Å²) in [4.78, 5) is 2.44. The topological polar surface area (TPSA) is 20.3 Å². The molecule has 0 aromatic heterocycles. The molecule has 1 saturated heterocycles. The van der Waals surface area contributed by atoms with Gasteiger partial charge in [0.05, 0.1) is 0 Å². The van der Waals surface area contributed by atoms with E-state index >= 15 is 0 Å². The van der Waals surface area contributed by atoms with Crippen molar-refractivity contribution in [3.8, 4) is 0 Å². The molecule has 1 aliphatic rings. The molecule has 0 radical (unpaired) electrons. The van der Waals surface area contributed by atoms with E-state index in [1.807, 2.05) is 0 Å². The zero-order valence-corrected chi connectivity index (χ0v) is 10.4. The van der Waals surface area contributed by atoms with Crippen LogP contribution in [0.15, 0.2) is 0 Å². The van der Waals surface area contributed by atoms with Gasteiger partial charge in [-0.15, -0.1) is 0 Å². The lowest BCUT2D eigenvalue weighted by molar-refractivity contribution is 0.285. The number of alkyl halides is 1. The summed E-state index contributed by atoms with van der Waals surface area (Å²) in [6, 6.07) is 0. The van der Waals surface area contributed by atoms with E-state index in [0.29, 0.717) is 5.25 Å². The molecule has 2 nitrogen and oxygen atoms in total. The van der Waals surface area contributed by atoms with Crippen LogP contribution in [0.5, 0.6) is 0 Å². The molecule has 0 aromatic rings. The number of hydrogen-bond donors (Lipinski definition) is 0. The van der Waals surface area contributed by atoms with Gasteiger partial charge >= 0.3 is 0 Å². The Bertz CT molecular complexity index is 165. The lowest BCUT2D eigenvalue weighted by Gasteiger charge is -2.29. The van der Waals surface area contributed by atoms with Crippen molar-refractivity contribution in [1.29, 1.82) is 0 Å². The Morgan fingerprint density at radius 3 is 3.00 bits per heavy atom. The van der Waals surface area contributed by atoms with Crippen molar-refractivity contribution < 1.29 is 4.21 Å². The highest BCUT2D eigenvalue weighted by molar-refractivity contribution is 14.1. The van der Waals surface area contributed by atoms with Gasteiger partial charge in [0.25, 0.3) is 0 Å². The molecule has 1 fully saturated rings. The van der Waals surface area contributed by atoms with Crippen LogP contribution in [0, 0.1) is 0 Å². The highest BCUT2D eigenvalue weighted by Gasteiger charge is 2.21. The fourth-order valence-electron chi connectivity index (χ4n) is 1.44. The van der Waals surface area contributed by atoms with Crippen LogP contribution in [0.1, 0.15) is 13.3 Å². The molecule has 2 atom stereocenters. The zero-order valence-electron chi connectivity index (χ0n) is 7.46. The van der Waals surface area contributed by atoms with E-state index in [-0.39, 0.29) is 0 Å². The molecule has 4 heteroatoms. The summed E-state index contributed by atoms with van der Waals surface area (Å²) < 4.78 is 12.5. The highest BCUT2D eigenvalue weighted by Crippen LogP contribution is 2.08. The first-order chi connectivity index (χ1) is 5.74. The molecule has 0 aromatic carbocycles. The second kappa shape index (κ2) is 5.54. The predicted octanol–water partition coefficient (Wildman–Crippen LogP) is 1.26. The van der Waals surface area contributed by atoms with Crippen LogP contribution < -0.4 is 0 Å². The van der Waals surface area contributed by atoms with Gasteiger partial charge in [-0.1, -0.05) is 22.6 Å². The van der Waals surface area contributed by atoms with Crippen LogP contribution in [0.2, 0.25) is 0 Å². The van der Waals surface area contributed by atoms with Gasteiger partial charge in [0.1, 0.15) is 0 Å². The Labute approximate surface area is 90.7 Å². The third-order valence-electron chi connectivity index (χ3n) is 2.18. The Morgan fingerprint density at radius 2 is 2.42 bits per heavy atom. The lowest BCUT2D eigenvalue weighted by Crippen LogP contribution is -2.43. The van der Waals surface area contributed by atoms with Crippen molar-refractivity contribution >= 4 is 33.4 Å². The third kappa shape index (κ3) is 3.30. The van der Waals surface area contributed by atoms with Crippen molar-refractivity contribution in [2.45, 2.75) is 18.6 Å². The lowest BCUT2D eigenvalue weighted by atomic mass is 10.3. The van der Waals surface area contributed by atoms with Crippen molar-refractivity contribution in [1.82, 2.24) is 4.90 Å². The quantitative estimate of drug-likeness (QED) is 0.578. The monoisotopic (exact) mass is 301 g/mol. The molecule has 1 aliphatic heterocycles. The Hall–Kier alpha value is 0.840. The van der Waals surface area contributed by atoms with Crippen molar-refractivity contribution in [2.75, 3.05) is 29.8 Å².